The van der Waals surface area contributed by atoms with Crippen LogP contribution in [0.1, 0.15) is 30.9 Å². The van der Waals surface area contributed by atoms with E-state index in [-0.39, 0.29) is 6.04 Å². The van der Waals surface area contributed by atoms with E-state index in [0.717, 1.165) is 30.0 Å². The number of nitrogens with two attached hydrogens (primary N) is 1. The largest absolute Gasteiger partial charge is 0.486 e. The molecule has 2 aliphatic rings. The van der Waals surface area contributed by atoms with Crippen molar-refractivity contribution in [2.45, 2.75) is 25.3 Å². The maximum absolute atomic E-state index is 6.28. The van der Waals surface area contributed by atoms with Gasteiger partial charge in [0.2, 0.25) is 0 Å². The normalized spacial score (nSPS) is 20.5. The van der Waals surface area contributed by atoms with Crippen LogP contribution in [-0.4, -0.2) is 37.7 Å². The minimum Gasteiger partial charge on any atom is -0.486 e. The van der Waals surface area contributed by atoms with Crippen LogP contribution in [0.3, 0.4) is 0 Å². The summed E-state index contributed by atoms with van der Waals surface area (Å²) in [4.78, 5) is 2.50. The number of benzene rings is 1. The van der Waals surface area contributed by atoms with Crippen molar-refractivity contribution in [3.8, 4) is 11.5 Å². The summed E-state index contributed by atoms with van der Waals surface area (Å²) >= 11 is 0. The van der Waals surface area contributed by atoms with Gasteiger partial charge in [0.05, 0.1) is 0 Å². The molecule has 1 unspecified atom stereocenters. The maximum atomic E-state index is 6.28. The SMILES string of the molecule is NC(CCN1CCCC1)c1ccc2c(c1)OCCO2. The minimum absolute atomic E-state index is 0.0800. The zero-order chi connectivity index (χ0) is 13.1. The molecule has 19 heavy (non-hydrogen) atoms. The molecule has 2 aliphatic heterocycles. The Bertz CT molecular complexity index is 430. The van der Waals surface area contributed by atoms with Crippen LogP contribution in [0.5, 0.6) is 11.5 Å². The van der Waals surface area contributed by atoms with Crippen LogP contribution >= 0.6 is 0 Å². The summed E-state index contributed by atoms with van der Waals surface area (Å²) in [5, 5.41) is 0. The van der Waals surface area contributed by atoms with Crippen molar-refractivity contribution < 1.29 is 9.47 Å². The molecule has 0 amide bonds. The molecule has 0 bridgehead atoms. The summed E-state index contributed by atoms with van der Waals surface area (Å²) in [7, 11) is 0. The van der Waals surface area contributed by atoms with Gasteiger partial charge in [-0.3, -0.25) is 0 Å². The molecule has 3 rings (SSSR count). The van der Waals surface area contributed by atoms with Crippen LogP contribution in [0.25, 0.3) is 0 Å². The molecular formula is C15H22N2O2. The summed E-state index contributed by atoms with van der Waals surface area (Å²) in [5.41, 5.74) is 7.43. The van der Waals surface area contributed by atoms with Crippen LogP contribution in [0, 0.1) is 0 Å². The van der Waals surface area contributed by atoms with Gasteiger partial charge in [-0.05, 0) is 56.6 Å². The molecule has 2 heterocycles. The molecule has 1 aromatic carbocycles. The topological polar surface area (TPSA) is 47.7 Å². The summed E-state index contributed by atoms with van der Waals surface area (Å²) in [6.07, 6.45) is 3.66. The van der Waals surface area contributed by atoms with Crippen molar-refractivity contribution in [1.29, 1.82) is 0 Å². The molecular weight excluding hydrogens is 240 g/mol. The number of hydrogen-bond acceptors (Lipinski definition) is 4. The summed E-state index contributed by atoms with van der Waals surface area (Å²) in [5.74, 6) is 1.67. The highest BCUT2D eigenvalue weighted by Crippen LogP contribution is 2.32. The molecule has 2 N–H and O–H groups in total. The molecule has 4 nitrogen and oxygen atoms in total. The number of likely N-dealkylation sites (tertiary alicyclic amines) is 1. The summed E-state index contributed by atoms with van der Waals surface area (Å²) in [6, 6.07) is 6.14. The lowest BCUT2D eigenvalue weighted by Gasteiger charge is -2.22. The van der Waals surface area contributed by atoms with Crippen LogP contribution in [0.15, 0.2) is 18.2 Å². The van der Waals surface area contributed by atoms with Crippen LogP contribution in [0.4, 0.5) is 0 Å². The van der Waals surface area contributed by atoms with Gasteiger partial charge in [0.1, 0.15) is 13.2 Å². The molecule has 1 atom stereocenters. The van der Waals surface area contributed by atoms with Gasteiger partial charge in [0, 0.05) is 6.04 Å². The minimum atomic E-state index is 0.0800. The fraction of sp³-hybridized carbons (Fsp3) is 0.600. The first-order valence-electron chi connectivity index (χ1n) is 7.20. The van der Waals surface area contributed by atoms with E-state index in [1.807, 2.05) is 12.1 Å². The van der Waals surface area contributed by atoms with Crippen molar-refractivity contribution in [3.05, 3.63) is 23.8 Å². The third kappa shape index (κ3) is 3.01. The predicted octanol–water partition coefficient (Wildman–Crippen LogP) is 1.94. The van der Waals surface area contributed by atoms with Gasteiger partial charge >= 0.3 is 0 Å². The highest BCUT2D eigenvalue weighted by molar-refractivity contribution is 5.44. The van der Waals surface area contributed by atoms with E-state index in [1.165, 1.54) is 25.9 Å². The van der Waals surface area contributed by atoms with E-state index in [9.17, 15) is 0 Å². The Morgan fingerprint density at radius 2 is 1.84 bits per heavy atom. The molecule has 0 spiro atoms. The van der Waals surface area contributed by atoms with Crippen molar-refractivity contribution in [1.82, 2.24) is 4.90 Å². The third-order valence-corrected chi connectivity index (χ3v) is 3.95. The monoisotopic (exact) mass is 262 g/mol. The first-order valence-corrected chi connectivity index (χ1v) is 7.20. The Kier molecular flexibility index (Phi) is 3.89. The Hall–Kier alpha value is -1.26. The molecule has 0 radical (unpaired) electrons. The molecule has 0 aliphatic carbocycles. The van der Waals surface area contributed by atoms with E-state index >= 15 is 0 Å². The van der Waals surface area contributed by atoms with Crippen molar-refractivity contribution in [2.75, 3.05) is 32.8 Å². The Morgan fingerprint density at radius 1 is 1.11 bits per heavy atom. The van der Waals surface area contributed by atoms with Gasteiger partial charge in [-0.2, -0.15) is 0 Å². The van der Waals surface area contributed by atoms with E-state index in [1.54, 1.807) is 0 Å². The van der Waals surface area contributed by atoms with E-state index in [2.05, 4.69) is 11.0 Å². The highest BCUT2D eigenvalue weighted by Gasteiger charge is 2.16. The smallest absolute Gasteiger partial charge is 0.161 e. The first kappa shape index (κ1) is 12.8. The highest BCUT2D eigenvalue weighted by atomic mass is 16.6. The van der Waals surface area contributed by atoms with E-state index in [4.69, 9.17) is 15.2 Å². The molecule has 4 heteroatoms. The second kappa shape index (κ2) is 5.80. The number of rotatable bonds is 4. The van der Waals surface area contributed by atoms with Crippen molar-refractivity contribution >= 4 is 0 Å². The fourth-order valence-electron chi connectivity index (χ4n) is 2.79. The van der Waals surface area contributed by atoms with E-state index in [0.29, 0.717) is 13.2 Å². The number of hydrogen-bond donors (Lipinski definition) is 1. The van der Waals surface area contributed by atoms with Crippen LogP contribution in [-0.2, 0) is 0 Å². The zero-order valence-corrected chi connectivity index (χ0v) is 11.3. The number of nitrogens with zero attached hydrogens (tertiary/aromatic N) is 1. The van der Waals surface area contributed by atoms with E-state index < -0.39 is 0 Å². The van der Waals surface area contributed by atoms with Gasteiger partial charge in [0.15, 0.2) is 11.5 Å². The quantitative estimate of drug-likeness (QED) is 0.901. The Balaban J connectivity index is 1.60. The number of fused-ring (bicyclic) bond motifs is 1. The second-order valence-corrected chi connectivity index (χ2v) is 5.35. The molecule has 1 saturated heterocycles. The molecule has 0 aromatic heterocycles. The Morgan fingerprint density at radius 3 is 2.63 bits per heavy atom. The summed E-state index contributed by atoms with van der Waals surface area (Å²) in [6.45, 7) is 4.81. The molecule has 1 aromatic rings. The predicted molar refractivity (Wildman–Crippen MR) is 74.7 cm³/mol. The molecule has 0 saturated carbocycles. The standard InChI is InChI=1S/C15H22N2O2/c16-13(5-8-17-6-1-2-7-17)12-3-4-14-15(11-12)19-10-9-18-14/h3-4,11,13H,1-2,5-10,16H2. The lowest BCUT2D eigenvalue weighted by molar-refractivity contribution is 0.171. The Labute approximate surface area is 114 Å². The van der Waals surface area contributed by atoms with Gasteiger partial charge in [0.25, 0.3) is 0 Å². The first-order chi connectivity index (χ1) is 9.33. The average molecular weight is 262 g/mol. The van der Waals surface area contributed by atoms with Crippen molar-refractivity contribution in [3.63, 3.8) is 0 Å². The van der Waals surface area contributed by atoms with Gasteiger partial charge in [-0.15, -0.1) is 0 Å². The number of ether oxygens (including phenoxy) is 2. The summed E-state index contributed by atoms with van der Waals surface area (Å²) < 4.78 is 11.1. The third-order valence-electron chi connectivity index (χ3n) is 3.95. The van der Waals surface area contributed by atoms with Crippen LogP contribution < -0.4 is 15.2 Å². The lowest BCUT2D eigenvalue weighted by atomic mass is 10.0. The lowest BCUT2D eigenvalue weighted by Crippen LogP contribution is -2.24. The maximum Gasteiger partial charge on any atom is 0.161 e. The van der Waals surface area contributed by atoms with Gasteiger partial charge in [-0.1, -0.05) is 6.07 Å². The fourth-order valence-corrected chi connectivity index (χ4v) is 2.79. The van der Waals surface area contributed by atoms with Crippen molar-refractivity contribution in [2.24, 2.45) is 5.73 Å². The zero-order valence-electron chi connectivity index (χ0n) is 11.3. The van der Waals surface area contributed by atoms with Gasteiger partial charge in [-0.25, -0.2) is 0 Å². The molecule has 104 valence electrons. The van der Waals surface area contributed by atoms with Gasteiger partial charge < -0.3 is 20.1 Å². The average Bonchev–Trinajstić information content (AvgIpc) is 2.97. The second-order valence-electron chi connectivity index (χ2n) is 5.35. The molecule has 1 fully saturated rings. The van der Waals surface area contributed by atoms with Crippen LogP contribution in [0.2, 0.25) is 0 Å².